The molecule has 0 saturated carbocycles. The van der Waals surface area contributed by atoms with Crippen LogP contribution in [-0.2, 0) is 4.74 Å². The van der Waals surface area contributed by atoms with Crippen molar-refractivity contribution in [2.45, 2.75) is 18.9 Å². The molecule has 1 aromatic carbocycles. The van der Waals surface area contributed by atoms with Crippen LogP contribution in [0.2, 0.25) is 5.02 Å². The van der Waals surface area contributed by atoms with Gasteiger partial charge in [-0.3, -0.25) is 4.40 Å². The van der Waals surface area contributed by atoms with Gasteiger partial charge in [0.1, 0.15) is 11.4 Å². The van der Waals surface area contributed by atoms with Gasteiger partial charge >= 0.3 is 0 Å². The van der Waals surface area contributed by atoms with E-state index < -0.39 is 0 Å². The van der Waals surface area contributed by atoms with Gasteiger partial charge < -0.3 is 15.2 Å². The van der Waals surface area contributed by atoms with E-state index in [0.29, 0.717) is 28.8 Å². The molecule has 0 radical (unpaired) electrons. The van der Waals surface area contributed by atoms with Crippen LogP contribution in [-0.4, -0.2) is 39.0 Å². The number of phenolic OH excluding ortho intramolecular Hbond substituents is 1. The highest BCUT2D eigenvalue weighted by molar-refractivity contribution is 6.30. The van der Waals surface area contributed by atoms with E-state index in [1.54, 1.807) is 12.1 Å². The first-order valence-corrected chi connectivity index (χ1v) is 8.27. The predicted octanol–water partition coefficient (Wildman–Crippen LogP) is 3.35. The summed E-state index contributed by atoms with van der Waals surface area (Å²) in [6.07, 6.45) is 4.01. The van der Waals surface area contributed by atoms with Gasteiger partial charge in [-0.25, -0.2) is 0 Å². The molecule has 2 aromatic heterocycles. The zero-order valence-electron chi connectivity index (χ0n) is 12.9. The second-order valence-electron chi connectivity index (χ2n) is 5.86. The second-order valence-corrected chi connectivity index (χ2v) is 6.29. The predicted molar refractivity (Wildman–Crippen MR) is 92.6 cm³/mol. The van der Waals surface area contributed by atoms with Crippen molar-refractivity contribution < 1.29 is 9.84 Å². The van der Waals surface area contributed by atoms with Crippen LogP contribution in [0.25, 0.3) is 16.8 Å². The van der Waals surface area contributed by atoms with Crippen molar-refractivity contribution in [1.29, 1.82) is 0 Å². The van der Waals surface area contributed by atoms with E-state index in [4.69, 9.17) is 16.3 Å². The molecular formula is C17H17ClN4O2. The lowest BCUT2D eigenvalue weighted by Gasteiger charge is -2.23. The SMILES string of the molecule is Oc1cc(Cl)ccc1-c1nnc(N[C@@H]2CCCOC2)n2cccc12. The van der Waals surface area contributed by atoms with Crippen LogP contribution in [0, 0.1) is 0 Å². The van der Waals surface area contributed by atoms with Crippen molar-refractivity contribution in [3.63, 3.8) is 0 Å². The number of halogens is 1. The Bertz CT molecular complexity index is 874. The minimum atomic E-state index is 0.0845. The molecular weight excluding hydrogens is 328 g/mol. The third-order valence-electron chi connectivity index (χ3n) is 4.17. The standard InChI is InChI=1S/C17H17ClN4O2/c18-11-5-6-13(15(23)9-11)16-14-4-1-7-22(14)17(21-20-16)19-12-3-2-8-24-10-12/h1,4-7,9,12,23H,2-3,8,10H2,(H,19,21)/t12-/m1/s1. The Balaban J connectivity index is 1.74. The topological polar surface area (TPSA) is 71.7 Å². The Morgan fingerprint density at radius 1 is 1.29 bits per heavy atom. The average Bonchev–Trinajstić information content (AvgIpc) is 3.07. The summed E-state index contributed by atoms with van der Waals surface area (Å²) in [5.74, 6) is 0.754. The first-order chi connectivity index (χ1) is 11.7. The number of benzene rings is 1. The summed E-state index contributed by atoms with van der Waals surface area (Å²) >= 11 is 5.91. The number of hydrogen-bond donors (Lipinski definition) is 2. The molecule has 1 aliphatic heterocycles. The molecule has 124 valence electrons. The van der Waals surface area contributed by atoms with Crippen molar-refractivity contribution in [1.82, 2.24) is 14.6 Å². The quantitative estimate of drug-likeness (QED) is 0.762. The Morgan fingerprint density at radius 2 is 2.21 bits per heavy atom. The van der Waals surface area contributed by atoms with Crippen LogP contribution >= 0.6 is 11.6 Å². The average molecular weight is 345 g/mol. The fourth-order valence-corrected chi connectivity index (χ4v) is 3.15. The van der Waals surface area contributed by atoms with Crippen LogP contribution in [0.3, 0.4) is 0 Å². The molecule has 1 saturated heterocycles. The van der Waals surface area contributed by atoms with E-state index in [0.717, 1.165) is 25.0 Å². The lowest BCUT2D eigenvalue weighted by atomic mass is 10.1. The summed E-state index contributed by atoms with van der Waals surface area (Å²) < 4.78 is 7.44. The van der Waals surface area contributed by atoms with Crippen molar-refractivity contribution in [2.24, 2.45) is 0 Å². The maximum atomic E-state index is 10.2. The lowest BCUT2D eigenvalue weighted by molar-refractivity contribution is 0.0873. The van der Waals surface area contributed by atoms with Gasteiger partial charge in [-0.15, -0.1) is 10.2 Å². The lowest BCUT2D eigenvalue weighted by Crippen LogP contribution is -2.31. The van der Waals surface area contributed by atoms with Crippen molar-refractivity contribution in [3.8, 4) is 17.0 Å². The zero-order chi connectivity index (χ0) is 16.5. The second kappa shape index (κ2) is 6.30. The number of fused-ring (bicyclic) bond motifs is 1. The molecule has 24 heavy (non-hydrogen) atoms. The largest absolute Gasteiger partial charge is 0.507 e. The Morgan fingerprint density at radius 3 is 3.00 bits per heavy atom. The molecule has 3 heterocycles. The molecule has 0 unspecified atom stereocenters. The highest BCUT2D eigenvalue weighted by atomic mass is 35.5. The van der Waals surface area contributed by atoms with Gasteiger partial charge in [0.2, 0.25) is 5.95 Å². The highest BCUT2D eigenvalue weighted by Gasteiger charge is 2.18. The number of nitrogens with zero attached hydrogens (tertiary/aromatic N) is 3. The van der Waals surface area contributed by atoms with Gasteiger partial charge in [-0.2, -0.15) is 0 Å². The number of aromatic nitrogens is 3. The van der Waals surface area contributed by atoms with Crippen LogP contribution < -0.4 is 5.32 Å². The zero-order valence-corrected chi connectivity index (χ0v) is 13.7. The molecule has 6 nitrogen and oxygen atoms in total. The number of rotatable bonds is 3. The normalized spacial score (nSPS) is 18.0. The third kappa shape index (κ3) is 2.79. The monoisotopic (exact) mass is 344 g/mol. The minimum Gasteiger partial charge on any atom is -0.507 e. The maximum absolute atomic E-state index is 10.2. The van der Waals surface area contributed by atoms with Crippen molar-refractivity contribution in [3.05, 3.63) is 41.6 Å². The fourth-order valence-electron chi connectivity index (χ4n) is 2.99. The van der Waals surface area contributed by atoms with Crippen molar-refractivity contribution in [2.75, 3.05) is 18.5 Å². The van der Waals surface area contributed by atoms with Crippen molar-refractivity contribution >= 4 is 23.1 Å². The Kier molecular flexibility index (Phi) is 4.00. The molecule has 2 N–H and O–H groups in total. The number of ether oxygens (including phenoxy) is 1. The van der Waals surface area contributed by atoms with E-state index in [-0.39, 0.29) is 11.8 Å². The van der Waals surface area contributed by atoms with Crippen LogP contribution in [0.4, 0.5) is 5.95 Å². The summed E-state index contributed by atoms with van der Waals surface area (Å²) in [6.45, 7) is 1.49. The van der Waals surface area contributed by atoms with E-state index in [2.05, 4.69) is 15.5 Å². The fraction of sp³-hybridized carbons (Fsp3) is 0.294. The maximum Gasteiger partial charge on any atom is 0.228 e. The van der Waals surface area contributed by atoms with E-state index in [1.165, 1.54) is 6.07 Å². The molecule has 3 aromatic rings. The van der Waals surface area contributed by atoms with E-state index in [1.807, 2.05) is 22.7 Å². The number of phenols is 1. The number of anilines is 1. The van der Waals surface area contributed by atoms with E-state index >= 15 is 0 Å². The molecule has 0 bridgehead atoms. The van der Waals surface area contributed by atoms with Gasteiger partial charge in [0, 0.05) is 23.4 Å². The number of hydrogen-bond acceptors (Lipinski definition) is 5. The van der Waals surface area contributed by atoms with E-state index in [9.17, 15) is 5.11 Å². The number of nitrogens with one attached hydrogen (secondary N) is 1. The first-order valence-electron chi connectivity index (χ1n) is 7.89. The molecule has 0 amide bonds. The number of aromatic hydroxyl groups is 1. The van der Waals surface area contributed by atoms with Gasteiger partial charge in [0.15, 0.2) is 0 Å². The summed E-state index contributed by atoms with van der Waals surface area (Å²) in [6, 6.07) is 9.08. The summed E-state index contributed by atoms with van der Waals surface area (Å²) in [4.78, 5) is 0. The molecule has 7 heteroatoms. The summed E-state index contributed by atoms with van der Waals surface area (Å²) in [5, 5.41) is 22.7. The van der Waals surface area contributed by atoms with Gasteiger partial charge in [-0.05, 0) is 43.2 Å². The Labute approximate surface area is 144 Å². The summed E-state index contributed by atoms with van der Waals surface area (Å²) in [7, 11) is 0. The molecule has 0 spiro atoms. The molecule has 1 fully saturated rings. The van der Waals surface area contributed by atoms with Crippen LogP contribution in [0.1, 0.15) is 12.8 Å². The van der Waals surface area contributed by atoms with Crippen LogP contribution in [0.5, 0.6) is 5.75 Å². The minimum absolute atomic E-state index is 0.0845. The Hall–Kier alpha value is -2.31. The van der Waals surface area contributed by atoms with Crippen LogP contribution in [0.15, 0.2) is 36.5 Å². The first kappa shape index (κ1) is 15.2. The van der Waals surface area contributed by atoms with Gasteiger partial charge in [-0.1, -0.05) is 11.6 Å². The molecule has 4 rings (SSSR count). The molecule has 0 aliphatic carbocycles. The third-order valence-corrected chi connectivity index (χ3v) is 4.41. The molecule has 1 aliphatic rings. The highest BCUT2D eigenvalue weighted by Crippen LogP contribution is 2.33. The van der Waals surface area contributed by atoms with Gasteiger partial charge in [0.25, 0.3) is 0 Å². The summed E-state index contributed by atoms with van der Waals surface area (Å²) in [5.41, 5.74) is 2.07. The van der Waals surface area contributed by atoms with Gasteiger partial charge in [0.05, 0.1) is 18.2 Å². The molecule has 1 atom stereocenters. The smallest absolute Gasteiger partial charge is 0.228 e.